The molecule has 0 bridgehead atoms. The number of rotatable bonds is 6. The molecule has 0 radical (unpaired) electrons. The Morgan fingerprint density at radius 1 is 1.20 bits per heavy atom. The molecule has 1 atom stereocenters. The third-order valence-corrected chi connectivity index (χ3v) is 3.39. The standard InChI is InChI=1S/C14H17BrO5/c1-4-19-13(16)11-8-9(18-3)6-7-10(11)12(15)14(17)20-5-2/h6-8,12H,4-5H2,1-3H3. The van der Waals surface area contributed by atoms with Crippen LogP contribution in [0.15, 0.2) is 18.2 Å². The van der Waals surface area contributed by atoms with Gasteiger partial charge in [0.2, 0.25) is 0 Å². The Morgan fingerprint density at radius 3 is 2.40 bits per heavy atom. The highest BCUT2D eigenvalue weighted by Crippen LogP contribution is 2.30. The predicted molar refractivity (Wildman–Crippen MR) is 77.3 cm³/mol. The van der Waals surface area contributed by atoms with Gasteiger partial charge in [0.25, 0.3) is 0 Å². The fourth-order valence-electron chi connectivity index (χ4n) is 1.61. The first kappa shape index (κ1) is 16.5. The molecule has 0 N–H and O–H groups in total. The number of benzene rings is 1. The second kappa shape index (κ2) is 7.89. The van der Waals surface area contributed by atoms with Crippen molar-refractivity contribution in [3.63, 3.8) is 0 Å². The Labute approximate surface area is 126 Å². The van der Waals surface area contributed by atoms with E-state index in [1.807, 2.05) is 0 Å². The van der Waals surface area contributed by atoms with Gasteiger partial charge >= 0.3 is 11.9 Å². The van der Waals surface area contributed by atoms with E-state index in [2.05, 4.69) is 15.9 Å². The topological polar surface area (TPSA) is 61.8 Å². The Hall–Kier alpha value is -1.56. The summed E-state index contributed by atoms with van der Waals surface area (Å²) in [7, 11) is 1.50. The minimum absolute atomic E-state index is 0.252. The Morgan fingerprint density at radius 2 is 1.85 bits per heavy atom. The molecule has 0 saturated carbocycles. The van der Waals surface area contributed by atoms with E-state index < -0.39 is 16.8 Å². The molecule has 0 saturated heterocycles. The van der Waals surface area contributed by atoms with Crippen molar-refractivity contribution in [3.05, 3.63) is 29.3 Å². The molecule has 0 aliphatic heterocycles. The van der Waals surface area contributed by atoms with E-state index >= 15 is 0 Å². The highest BCUT2D eigenvalue weighted by molar-refractivity contribution is 9.09. The second-order valence-corrected chi connectivity index (χ2v) is 4.70. The molecule has 6 heteroatoms. The van der Waals surface area contributed by atoms with Crippen LogP contribution in [0.4, 0.5) is 0 Å². The number of carbonyl (C=O) groups excluding carboxylic acids is 2. The molecular formula is C14H17BrO5. The van der Waals surface area contributed by atoms with Crippen molar-refractivity contribution in [2.75, 3.05) is 20.3 Å². The molecule has 0 spiro atoms. The molecule has 110 valence electrons. The summed E-state index contributed by atoms with van der Waals surface area (Å²) in [4.78, 5) is 23.0. The van der Waals surface area contributed by atoms with Crippen molar-refractivity contribution in [1.82, 2.24) is 0 Å². The minimum atomic E-state index is -0.729. The van der Waals surface area contributed by atoms with Crippen LogP contribution >= 0.6 is 15.9 Å². The minimum Gasteiger partial charge on any atom is -0.497 e. The average Bonchev–Trinajstić information content (AvgIpc) is 2.46. The lowest BCUT2D eigenvalue weighted by Crippen LogP contribution is -2.15. The van der Waals surface area contributed by atoms with E-state index in [9.17, 15) is 9.59 Å². The summed E-state index contributed by atoms with van der Waals surface area (Å²) in [5.74, 6) is -0.446. The highest BCUT2D eigenvalue weighted by Gasteiger charge is 2.25. The van der Waals surface area contributed by atoms with Crippen molar-refractivity contribution in [3.8, 4) is 5.75 Å². The lowest BCUT2D eigenvalue weighted by molar-refractivity contribution is -0.142. The summed E-state index contributed by atoms with van der Waals surface area (Å²) in [6.45, 7) is 3.96. The molecule has 1 unspecified atom stereocenters. The number of halogens is 1. The highest BCUT2D eigenvalue weighted by atomic mass is 79.9. The van der Waals surface area contributed by atoms with Crippen molar-refractivity contribution in [2.45, 2.75) is 18.7 Å². The van der Waals surface area contributed by atoms with Gasteiger partial charge < -0.3 is 14.2 Å². The zero-order valence-electron chi connectivity index (χ0n) is 11.6. The number of alkyl halides is 1. The molecule has 1 aromatic rings. The van der Waals surface area contributed by atoms with E-state index in [0.717, 1.165) is 0 Å². The van der Waals surface area contributed by atoms with Gasteiger partial charge in [-0.05, 0) is 31.5 Å². The normalized spacial score (nSPS) is 11.6. The summed E-state index contributed by atoms with van der Waals surface area (Å²) < 4.78 is 15.0. The number of esters is 2. The molecule has 5 nitrogen and oxygen atoms in total. The fraction of sp³-hybridized carbons (Fsp3) is 0.429. The maximum Gasteiger partial charge on any atom is 0.338 e. The van der Waals surface area contributed by atoms with E-state index in [4.69, 9.17) is 14.2 Å². The molecule has 1 aromatic carbocycles. The molecule has 0 aliphatic carbocycles. The Balaban J connectivity index is 3.17. The van der Waals surface area contributed by atoms with Gasteiger partial charge in [-0.25, -0.2) is 4.79 Å². The average molecular weight is 345 g/mol. The molecule has 0 aromatic heterocycles. The van der Waals surface area contributed by atoms with Gasteiger partial charge in [-0.1, -0.05) is 22.0 Å². The van der Waals surface area contributed by atoms with E-state index in [1.54, 1.807) is 32.0 Å². The van der Waals surface area contributed by atoms with Gasteiger partial charge in [0.05, 0.1) is 25.9 Å². The first-order valence-electron chi connectivity index (χ1n) is 6.20. The van der Waals surface area contributed by atoms with Gasteiger partial charge in [-0.15, -0.1) is 0 Å². The quantitative estimate of drug-likeness (QED) is 0.586. The zero-order valence-corrected chi connectivity index (χ0v) is 13.2. The van der Waals surface area contributed by atoms with Gasteiger partial charge in [-0.3, -0.25) is 4.79 Å². The van der Waals surface area contributed by atoms with Crippen LogP contribution in [0.5, 0.6) is 5.75 Å². The van der Waals surface area contributed by atoms with E-state index in [-0.39, 0.29) is 18.8 Å². The molecule has 0 fully saturated rings. The summed E-state index contributed by atoms with van der Waals surface area (Å²) in [5, 5.41) is 0. The molecule has 0 amide bonds. The van der Waals surface area contributed by atoms with Crippen LogP contribution in [-0.4, -0.2) is 32.3 Å². The lowest BCUT2D eigenvalue weighted by Gasteiger charge is -2.14. The zero-order chi connectivity index (χ0) is 15.1. The lowest BCUT2D eigenvalue weighted by atomic mass is 10.0. The first-order valence-corrected chi connectivity index (χ1v) is 7.12. The van der Waals surface area contributed by atoms with Crippen molar-refractivity contribution in [1.29, 1.82) is 0 Å². The maximum atomic E-state index is 12.0. The Kier molecular flexibility index (Phi) is 6.51. The number of hydrogen-bond donors (Lipinski definition) is 0. The molecule has 0 aliphatic rings. The molecule has 20 heavy (non-hydrogen) atoms. The van der Waals surface area contributed by atoms with Crippen LogP contribution in [-0.2, 0) is 14.3 Å². The number of hydrogen-bond acceptors (Lipinski definition) is 5. The van der Waals surface area contributed by atoms with E-state index in [0.29, 0.717) is 11.3 Å². The fourth-order valence-corrected chi connectivity index (χ4v) is 2.14. The van der Waals surface area contributed by atoms with Gasteiger partial charge in [-0.2, -0.15) is 0 Å². The Bertz CT molecular complexity index is 486. The maximum absolute atomic E-state index is 12.0. The second-order valence-electron chi connectivity index (χ2n) is 3.79. The summed E-state index contributed by atoms with van der Waals surface area (Å²) in [6.07, 6.45) is 0. The summed E-state index contributed by atoms with van der Waals surface area (Å²) >= 11 is 3.25. The van der Waals surface area contributed by atoms with Crippen LogP contribution in [0.1, 0.15) is 34.6 Å². The molecule has 0 heterocycles. The number of methoxy groups -OCH3 is 1. The monoisotopic (exact) mass is 344 g/mol. The van der Waals surface area contributed by atoms with Crippen LogP contribution in [0, 0.1) is 0 Å². The SMILES string of the molecule is CCOC(=O)c1cc(OC)ccc1C(Br)C(=O)OCC. The van der Waals surface area contributed by atoms with Gasteiger partial charge in [0, 0.05) is 0 Å². The summed E-state index contributed by atoms with van der Waals surface area (Å²) in [6, 6.07) is 4.85. The van der Waals surface area contributed by atoms with Crippen molar-refractivity contribution in [2.24, 2.45) is 0 Å². The molecular weight excluding hydrogens is 328 g/mol. The van der Waals surface area contributed by atoms with Gasteiger partial charge in [0.15, 0.2) is 0 Å². The van der Waals surface area contributed by atoms with E-state index in [1.165, 1.54) is 7.11 Å². The third-order valence-electron chi connectivity index (χ3n) is 2.52. The van der Waals surface area contributed by atoms with Crippen molar-refractivity contribution < 1.29 is 23.8 Å². The van der Waals surface area contributed by atoms with Crippen LogP contribution in [0.25, 0.3) is 0 Å². The van der Waals surface area contributed by atoms with Crippen molar-refractivity contribution >= 4 is 27.9 Å². The number of carbonyl (C=O) groups is 2. The summed E-state index contributed by atoms with van der Waals surface area (Å²) in [5.41, 5.74) is 0.767. The smallest absolute Gasteiger partial charge is 0.338 e. The van der Waals surface area contributed by atoms with Gasteiger partial charge in [0.1, 0.15) is 10.6 Å². The third kappa shape index (κ3) is 3.96. The number of ether oxygens (including phenoxy) is 3. The van der Waals surface area contributed by atoms with Crippen LogP contribution in [0.2, 0.25) is 0 Å². The molecule has 1 rings (SSSR count). The van der Waals surface area contributed by atoms with Crippen LogP contribution < -0.4 is 4.74 Å². The predicted octanol–water partition coefficient (Wildman–Crippen LogP) is 2.87. The first-order chi connectivity index (χ1) is 9.54. The largest absolute Gasteiger partial charge is 0.497 e. The van der Waals surface area contributed by atoms with Crippen LogP contribution in [0.3, 0.4) is 0 Å².